The van der Waals surface area contributed by atoms with Gasteiger partial charge in [-0.15, -0.1) is 0 Å². The minimum Gasteiger partial charge on any atom is -0.456 e. The van der Waals surface area contributed by atoms with Crippen molar-refractivity contribution in [3.05, 3.63) is 88.4 Å². The number of benzene rings is 4. The molecule has 0 N–H and O–H groups in total. The second-order valence-corrected chi connectivity index (χ2v) is 8.14. The second-order valence-electron chi connectivity index (χ2n) is 6.88. The first-order valence-corrected chi connectivity index (χ1v) is 10.2. The summed E-state index contributed by atoms with van der Waals surface area (Å²) in [5.74, 6) is 0. The molecule has 0 spiro atoms. The molecule has 0 bridgehead atoms. The molecule has 0 saturated heterocycles. The number of hydrogen-bond acceptors (Lipinski definition) is 1. The molecule has 2 heterocycles. The zero-order chi connectivity index (χ0) is 18.8. The quantitative estimate of drug-likeness (QED) is 0.249. The number of hydrogen-bond donors (Lipinski definition) is 0. The molecule has 134 valence electrons. The Balaban J connectivity index is 1.78. The summed E-state index contributed by atoms with van der Waals surface area (Å²) in [6.45, 7) is 0. The van der Waals surface area contributed by atoms with Crippen LogP contribution in [0.1, 0.15) is 0 Å². The van der Waals surface area contributed by atoms with Crippen molar-refractivity contribution < 1.29 is 4.42 Å². The monoisotopic (exact) mass is 445 g/mol. The number of halogens is 2. The fourth-order valence-electron chi connectivity index (χ4n) is 4.15. The zero-order valence-electron chi connectivity index (χ0n) is 14.6. The van der Waals surface area contributed by atoms with Gasteiger partial charge in [-0.25, -0.2) is 0 Å². The van der Waals surface area contributed by atoms with Gasteiger partial charge in [0.05, 0.1) is 16.1 Å². The van der Waals surface area contributed by atoms with Crippen molar-refractivity contribution in [2.24, 2.45) is 0 Å². The lowest BCUT2D eigenvalue weighted by Gasteiger charge is -2.08. The van der Waals surface area contributed by atoms with Crippen LogP contribution in [0, 0.1) is 0 Å². The molecule has 0 amide bonds. The lowest BCUT2D eigenvalue weighted by atomic mass is 10.1. The Morgan fingerprint density at radius 1 is 0.714 bits per heavy atom. The van der Waals surface area contributed by atoms with E-state index in [1.54, 1.807) is 0 Å². The Hall–Kier alpha value is -2.75. The van der Waals surface area contributed by atoms with Crippen LogP contribution in [-0.2, 0) is 0 Å². The number of para-hydroxylation sites is 1. The maximum Gasteiger partial charge on any atom is 0.135 e. The molecule has 0 aliphatic heterocycles. The molecule has 0 aliphatic carbocycles. The normalized spacial score (nSPS) is 11.9. The molecule has 28 heavy (non-hydrogen) atoms. The Bertz CT molecular complexity index is 1480. The van der Waals surface area contributed by atoms with Crippen LogP contribution >= 0.6 is 27.5 Å². The van der Waals surface area contributed by atoms with E-state index in [4.69, 9.17) is 16.0 Å². The number of fused-ring (bicyclic) bond motifs is 6. The third-order valence-electron chi connectivity index (χ3n) is 5.33. The van der Waals surface area contributed by atoms with E-state index in [-0.39, 0.29) is 0 Å². The topological polar surface area (TPSA) is 18.1 Å². The first-order valence-electron chi connectivity index (χ1n) is 9.01. The summed E-state index contributed by atoms with van der Waals surface area (Å²) in [5, 5.41) is 5.17. The van der Waals surface area contributed by atoms with E-state index >= 15 is 0 Å². The fraction of sp³-hybridized carbons (Fsp3) is 0. The molecule has 2 nitrogen and oxygen atoms in total. The molecule has 0 aliphatic rings. The lowest BCUT2D eigenvalue weighted by Crippen LogP contribution is -1.93. The van der Waals surface area contributed by atoms with Gasteiger partial charge in [-0.2, -0.15) is 0 Å². The molecule has 0 fully saturated rings. The van der Waals surface area contributed by atoms with Crippen LogP contribution in [-0.4, -0.2) is 4.57 Å². The Labute approximate surface area is 174 Å². The van der Waals surface area contributed by atoms with Crippen LogP contribution in [0.2, 0.25) is 5.02 Å². The molecular formula is C24H13BrClNO. The third-order valence-corrected chi connectivity index (χ3v) is 6.31. The predicted molar refractivity (Wildman–Crippen MR) is 121 cm³/mol. The molecule has 0 saturated carbocycles. The third kappa shape index (κ3) is 2.15. The van der Waals surface area contributed by atoms with E-state index in [0.29, 0.717) is 0 Å². The fourth-order valence-corrected chi connectivity index (χ4v) is 4.97. The highest BCUT2D eigenvalue weighted by atomic mass is 79.9. The van der Waals surface area contributed by atoms with Crippen molar-refractivity contribution in [2.75, 3.05) is 0 Å². The second kappa shape index (κ2) is 5.87. The highest BCUT2D eigenvalue weighted by Gasteiger charge is 2.17. The minimum absolute atomic E-state index is 0.753. The number of rotatable bonds is 1. The largest absolute Gasteiger partial charge is 0.456 e. The summed E-state index contributed by atoms with van der Waals surface area (Å²) in [4.78, 5) is 0. The molecule has 2 aromatic heterocycles. The van der Waals surface area contributed by atoms with Crippen molar-refractivity contribution in [2.45, 2.75) is 0 Å². The van der Waals surface area contributed by atoms with Crippen molar-refractivity contribution in [1.82, 2.24) is 4.57 Å². The van der Waals surface area contributed by atoms with E-state index in [2.05, 4.69) is 63.0 Å². The van der Waals surface area contributed by atoms with Crippen molar-refractivity contribution >= 4 is 71.3 Å². The van der Waals surface area contributed by atoms with Crippen molar-refractivity contribution in [3.63, 3.8) is 0 Å². The van der Waals surface area contributed by atoms with Gasteiger partial charge in [0, 0.05) is 31.7 Å². The summed E-state index contributed by atoms with van der Waals surface area (Å²) in [7, 11) is 0. The van der Waals surface area contributed by atoms with Crippen LogP contribution in [0.25, 0.3) is 49.4 Å². The van der Waals surface area contributed by atoms with Crippen LogP contribution in [0.4, 0.5) is 0 Å². The van der Waals surface area contributed by atoms with Gasteiger partial charge < -0.3 is 8.98 Å². The zero-order valence-corrected chi connectivity index (χ0v) is 17.0. The molecule has 0 unspecified atom stereocenters. The minimum atomic E-state index is 0.753. The summed E-state index contributed by atoms with van der Waals surface area (Å²) >= 11 is 10.3. The molecule has 4 aromatic carbocycles. The van der Waals surface area contributed by atoms with E-state index in [9.17, 15) is 0 Å². The molecule has 6 aromatic rings. The van der Waals surface area contributed by atoms with E-state index in [0.717, 1.165) is 58.9 Å². The smallest absolute Gasteiger partial charge is 0.135 e. The average molecular weight is 447 g/mol. The van der Waals surface area contributed by atoms with Crippen LogP contribution in [0.15, 0.2) is 87.8 Å². The van der Waals surface area contributed by atoms with E-state index < -0.39 is 0 Å². The first kappa shape index (κ1) is 16.2. The number of nitrogens with zero attached hydrogens (tertiary/aromatic N) is 1. The van der Waals surface area contributed by atoms with Gasteiger partial charge in [-0.1, -0.05) is 57.9 Å². The standard InChI is InChI=1S/C24H13BrClNO/c25-17-6-3-8-19-23(17)24-18(26)7-4-9-20(24)27(19)14-11-12-22-16(13-14)15-5-1-2-10-21(15)28-22/h1-13H. The molecule has 0 radical (unpaired) electrons. The Morgan fingerprint density at radius 3 is 2.36 bits per heavy atom. The number of aromatic nitrogens is 1. The predicted octanol–water partition coefficient (Wildman–Crippen LogP) is 8.10. The SMILES string of the molecule is Clc1cccc2c1c1c(Br)cccc1n2-c1ccc2oc3ccccc3c2c1. The highest BCUT2D eigenvalue weighted by Crippen LogP contribution is 2.40. The highest BCUT2D eigenvalue weighted by molar-refractivity contribution is 9.10. The first-order chi connectivity index (χ1) is 13.7. The van der Waals surface area contributed by atoms with Gasteiger partial charge in [0.25, 0.3) is 0 Å². The van der Waals surface area contributed by atoms with Crippen molar-refractivity contribution in [3.8, 4) is 5.69 Å². The summed E-state index contributed by atoms with van der Waals surface area (Å²) in [6, 6.07) is 26.8. The molecular weight excluding hydrogens is 434 g/mol. The lowest BCUT2D eigenvalue weighted by molar-refractivity contribution is 0.669. The van der Waals surface area contributed by atoms with Gasteiger partial charge in [0.2, 0.25) is 0 Å². The maximum atomic E-state index is 6.62. The van der Waals surface area contributed by atoms with E-state index in [1.807, 2.05) is 36.4 Å². The van der Waals surface area contributed by atoms with Gasteiger partial charge in [-0.3, -0.25) is 0 Å². The van der Waals surface area contributed by atoms with Crippen LogP contribution < -0.4 is 0 Å². The Kier molecular flexibility index (Phi) is 3.40. The van der Waals surface area contributed by atoms with Gasteiger partial charge in [0.1, 0.15) is 11.2 Å². The van der Waals surface area contributed by atoms with Crippen molar-refractivity contribution in [1.29, 1.82) is 0 Å². The van der Waals surface area contributed by atoms with Gasteiger partial charge >= 0.3 is 0 Å². The summed E-state index contributed by atoms with van der Waals surface area (Å²) < 4.78 is 9.31. The molecule has 4 heteroatoms. The number of furan rings is 1. The Morgan fingerprint density at radius 2 is 1.46 bits per heavy atom. The average Bonchev–Trinajstić information content (AvgIpc) is 3.24. The van der Waals surface area contributed by atoms with Gasteiger partial charge in [0.15, 0.2) is 0 Å². The van der Waals surface area contributed by atoms with E-state index in [1.165, 1.54) is 0 Å². The summed E-state index contributed by atoms with van der Waals surface area (Å²) in [5.41, 5.74) is 5.08. The molecule has 0 atom stereocenters. The molecule has 6 rings (SSSR count). The summed E-state index contributed by atoms with van der Waals surface area (Å²) in [6.07, 6.45) is 0. The van der Waals surface area contributed by atoms with Gasteiger partial charge in [-0.05, 0) is 48.5 Å². The van der Waals surface area contributed by atoms with Crippen LogP contribution in [0.5, 0.6) is 0 Å². The maximum absolute atomic E-state index is 6.62. The van der Waals surface area contributed by atoms with Crippen LogP contribution in [0.3, 0.4) is 0 Å².